The van der Waals surface area contributed by atoms with Gasteiger partial charge < -0.3 is 4.98 Å². The van der Waals surface area contributed by atoms with Crippen molar-refractivity contribution in [2.75, 3.05) is 6.54 Å². The van der Waals surface area contributed by atoms with Gasteiger partial charge in [0.25, 0.3) is 11.2 Å². The lowest BCUT2D eigenvalue weighted by Gasteiger charge is -2.27. The number of aryl methyl sites for hydroxylation is 1. The summed E-state index contributed by atoms with van der Waals surface area (Å²) < 4.78 is 0. The summed E-state index contributed by atoms with van der Waals surface area (Å²) in [5.41, 5.74) is 2.50. The minimum atomic E-state index is -0.390. The quantitative estimate of drug-likeness (QED) is 0.671. The van der Waals surface area contributed by atoms with E-state index in [9.17, 15) is 14.9 Å². The lowest BCUT2D eigenvalue weighted by atomic mass is 10.1. The highest BCUT2D eigenvalue weighted by Crippen LogP contribution is 2.19. The van der Waals surface area contributed by atoms with Crippen LogP contribution >= 0.6 is 0 Å². The van der Waals surface area contributed by atoms with Gasteiger partial charge in [0.2, 0.25) is 0 Å². The summed E-state index contributed by atoms with van der Waals surface area (Å²) in [6, 6.07) is 6.63. The molecule has 0 amide bonds. The summed E-state index contributed by atoms with van der Waals surface area (Å²) in [7, 11) is 0. The highest BCUT2D eigenvalue weighted by Gasteiger charge is 2.21. The molecule has 0 radical (unpaired) electrons. The molecule has 1 aromatic heterocycles. The van der Waals surface area contributed by atoms with Crippen molar-refractivity contribution in [3.63, 3.8) is 0 Å². The van der Waals surface area contributed by atoms with E-state index in [0.29, 0.717) is 18.7 Å². The Bertz CT molecular complexity index is 816. The summed E-state index contributed by atoms with van der Waals surface area (Å²) >= 11 is 0. The van der Waals surface area contributed by atoms with Crippen molar-refractivity contribution < 1.29 is 4.92 Å². The minimum Gasteiger partial charge on any atom is -0.310 e. The van der Waals surface area contributed by atoms with Gasteiger partial charge >= 0.3 is 0 Å². The number of hydrogen-bond donors (Lipinski definition) is 1. The molecule has 0 saturated heterocycles. The number of rotatable bonds is 5. The maximum atomic E-state index is 12.3. The van der Waals surface area contributed by atoms with Gasteiger partial charge in [-0.3, -0.25) is 19.8 Å². The number of hydrogen-bond acceptors (Lipinski definition) is 5. The van der Waals surface area contributed by atoms with Gasteiger partial charge in [0.05, 0.1) is 16.2 Å². The second kappa shape index (κ2) is 6.92. The molecule has 1 aliphatic heterocycles. The van der Waals surface area contributed by atoms with Crippen LogP contribution in [0.15, 0.2) is 29.1 Å². The van der Waals surface area contributed by atoms with Crippen LogP contribution in [0.1, 0.15) is 36.0 Å². The molecule has 126 valence electrons. The average Bonchev–Trinajstić information content (AvgIpc) is 2.56. The number of H-pyrrole nitrogens is 1. The molecule has 1 aliphatic rings. The van der Waals surface area contributed by atoms with Gasteiger partial charge in [-0.15, -0.1) is 0 Å². The van der Waals surface area contributed by atoms with Crippen LogP contribution in [-0.2, 0) is 25.9 Å². The molecule has 3 rings (SSSR count). The Hall–Kier alpha value is -2.54. The molecule has 0 saturated carbocycles. The maximum absolute atomic E-state index is 12.3. The number of fused-ring (bicyclic) bond motifs is 1. The topological polar surface area (TPSA) is 92.1 Å². The molecule has 0 spiro atoms. The van der Waals surface area contributed by atoms with Crippen molar-refractivity contribution in [3.05, 3.63) is 67.4 Å². The van der Waals surface area contributed by atoms with Crippen LogP contribution in [-0.4, -0.2) is 26.3 Å². The van der Waals surface area contributed by atoms with Crippen LogP contribution in [0, 0.1) is 10.1 Å². The molecule has 1 N–H and O–H groups in total. The first-order chi connectivity index (χ1) is 11.6. The van der Waals surface area contributed by atoms with E-state index in [-0.39, 0.29) is 16.2 Å². The molecule has 2 aromatic rings. The van der Waals surface area contributed by atoms with Gasteiger partial charge in [0.15, 0.2) is 0 Å². The van der Waals surface area contributed by atoms with E-state index in [2.05, 4.69) is 21.8 Å². The summed E-state index contributed by atoms with van der Waals surface area (Å²) in [6.07, 6.45) is 2.45. The van der Waals surface area contributed by atoms with Gasteiger partial charge in [0, 0.05) is 44.6 Å². The fourth-order valence-electron chi connectivity index (χ4n) is 3.05. The average molecular weight is 328 g/mol. The summed E-state index contributed by atoms with van der Waals surface area (Å²) in [5.74, 6) is 0.758. The second-order valence-corrected chi connectivity index (χ2v) is 6.08. The number of nitro benzene ring substituents is 1. The number of nitrogens with zero attached hydrogens (tertiary/aromatic N) is 3. The number of aromatic amines is 1. The van der Waals surface area contributed by atoms with Crippen molar-refractivity contribution >= 4 is 5.69 Å². The zero-order valence-electron chi connectivity index (χ0n) is 13.6. The second-order valence-electron chi connectivity index (χ2n) is 6.08. The number of benzene rings is 1. The van der Waals surface area contributed by atoms with Gasteiger partial charge in [-0.2, -0.15) is 0 Å². The molecular weight excluding hydrogens is 308 g/mol. The predicted molar refractivity (Wildman–Crippen MR) is 89.8 cm³/mol. The Labute approximate surface area is 139 Å². The molecule has 7 heteroatoms. The van der Waals surface area contributed by atoms with Crippen molar-refractivity contribution in [2.45, 2.75) is 39.3 Å². The van der Waals surface area contributed by atoms with Gasteiger partial charge in [-0.1, -0.05) is 19.1 Å². The monoisotopic (exact) mass is 328 g/mol. The maximum Gasteiger partial charge on any atom is 0.269 e. The Morgan fingerprint density at radius 3 is 3.00 bits per heavy atom. The van der Waals surface area contributed by atoms with Crippen LogP contribution in [0.25, 0.3) is 0 Å². The molecule has 7 nitrogen and oxygen atoms in total. The lowest BCUT2D eigenvalue weighted by Crippen LogP contribution is -2.35. The van der Waals surface area contributed by atoms with Crippen LogP contribution < -0.4 is 5.56 Å². The van der Waals surface area contributed by atoms with Crippen molar-refractivity contribution in [2.24, 2.45) is 0 Å². The van der Waals surface area contributed by atoms with Gasteiger partial charge in [0.1, 0.15) is 5.82 Å². The Kier molecular flexibility index (Phi) is 4.71. The van der Waals surface area contributed by atoms with Crippen molar-refractivity contribution in [1.29, 1.82) is 0 Å². The Balaban J connectivity index is 1.77. The zero-order valence-corrected chi connectivity index (χ0v) is 13.6. The zero-order chi connectivity index (χ0) is 17.1. The van der Waals surface area contributed by atoms with E-state index in [4.69, 9.17) is 0 Å². The smallest absolute Gasteiger partial charge is 0.269 e. The number of non-ortho nitro benzene ring substituents is 1. The van der Waals surface area contributed by atoms with Crippen molar-refractivity contribution in [1.82, 2.24) is 14.9 Å². The molecule has 0 aliphatic carbocycles. The molecule has 2 heterocycles. The fraction of sp³-hybridized carbons (Fsp3) is 0.412. The van der Waals surface area contributed by atoms with Gasteiger partial charge in [-0.05, 0) is 12.0 Å². The number of aromatic nitrogens is 2. The third kappa shape index (κ3) is 3.51. The standard InChI is InChI=1S/C17H20N4O3/c1-2-4-16-18-15-7-8-20(11-14(15)17(22)19-16)10-12-5-3-6-13(9-12)21(23)24/h3,5-6,9H,2,4,7-8,10-11H2,1H3,(H,18,19,22). The Morgan fingerprint density at radius 2 is 2.25 bits per heavy atom. The third-order valence-electron chi connectivity index (χ3n) is 4.21. The first-order valence-corrected chi connectivity index (χ1v) is 8.13. The summed E-state index contributed by atoms with van der Waals surface area (Å²) in [4.78, 5) is 32.3. The van der Waals surface area contributed by atoms with E-state index >= 15 is 0 Å². The first-order valence-electron chi connectivity index (χ1n) is 8.13. The first kappa shape index (κ1) is 16.3. The lowest BCUT2D eigenvalue weighted by molar-refractivity contribution is -0.384. The van der Waals surface area contributed by atoms with Crippen molar-refractivity contribution in [3.8, 4) is 0 Å². The number of nitro groups is 1. The largest absolute Gasteiger partial charge is 0.310 e. The van der Waals surface area contributed by atoms with Gasteiger partial charge in [-0.25, -0.2) is 4.98 Å². The van der Waals surface area contributed by atoms with E-state index in [1.807, 2.05) is 6.07 Å². The normalized spacial score (nSPS) is 14.4. The minimum absolute atomic E-state index is 0.0628. The van der Waals surface area contributed by atoms with Crippen LogP contribution in [0.4, 0.5) is 5.69 Å². The third-order valence-corrected chi connectivity index (χ3v) is 4.21. The van der Waals surface area contributed by atoms with E-state index in [0.717, 1.165) is 42.9 Å². The summed E-state index contributed by atoms with van der Waals surface area (Å²) in [5, 5.41) is 10.9. The molecule has 0 unspecified atom stereocenters. The summed E-state index contributed by atoms with van der Waals surface area (Å²) in [6.45, 7) is 3.95. The SMILES string of the molecule is CCCc1nc2c(c(=O)[nH]1)CN(Cc1cccc([N+](=O)[O-])c1)CC2. The Morgan fingerprint density at radius 1 is 1.42 bits per heavy atom. The molecular formula is C17H20N4O3. The van der Waals surface area contributed by atoms with E-state index in [1.54, 1.807) is 12.1 Å². The van der Waals surface area contributed by atoms with Crippen LogP contribution in [0.2, 0.25) is 0 Å². The highest BCUT2D eigenvalue weighted by molar-refractivity contribution is 5.34. The molecule has 24 heavy (non-hydrogen) atoms. The number of nitrogens with one attached hydrogen (secondary N) is 1. The van der Waals surface area contributed by atoms with E-state index in [1.165, 1.54) is 6.07 Å². The molecule has 1 aromatic carbocycles. The van der Waals surface area contributed by atoms with E-state index < -0.39 is 0 Å². The predicted octanol–water partition coefficient (Wildman–Crippen LogP) is 2.19. The molecule has 0 atom stereocenters. The molecule has 0 fully saturated rings. The van der Waals surface area contributed by atoms with Crippen LogP contribution in [0.5, 0.6) is 0 Å². The van der Waals surface area contributed by atoms with Crippen LogP contribution in [0.3, 0.4) is 0 Å². The molecule has 0 bridgehead atoms. The fourth-order valence-corrected chi connectivity index (χ4v) is 3.05. The highest BCUT2D eigenvalue weighted by atomic mass is 16.6.